The Morgan fingerprint density at radius 1 is 1.04 bits per heavy atom. The van der Waals surface area contributed by atoms with E-state index in [0.29, 0.717) is 44.8 Å². The van der Waals surface area contributed by atoms with Crippen molar-refractivity contribution in [3.8, 4) is 11.5 Å². The number of hydrogen-bond donors (Lipinski definition) is 2. The number of ether oxygens (including phenoxy) is 1. The standard InChI is InChI=1S/C35H39Cl2N4O8P/c1-4-15-40(21-32(38)42)34(44)14-16-41-31(24-8-7-9-26(17-24)49-27-12-13-29(36)30(37)20-27)18-23-10-11-25(19-28(23)35(41)45)39-33(43)22-50(46,47-5-2)48-6-3/h4,7-13,17,19-20,31H,1,5-6,14-16,18,21-22H2,2-3H3,(H2,38,42)(H,39,43). The molecule has 0 saturated heterocycles. The number of halogens is 2. The molecule has 0 bridgehead atoms. The number of carbonyl (C=O) groups excluding carboxylic acids is 4. The summed E-state index contributed by atoms with van der Waals surface area (Å²) in [6, 6.07) is 16.6. The van der Waals surface area contributed by atoms with Crippen molar-refractivity contribution in [2.24, 2.45) is 5.73 Å². The number of anilines is 1. The third-order valence-electron chi connectivity index (χ3n) is 7.65. The Morgan fingerprint density at radius 3 is 2.42 bits per heavy atom. The van der Waals surface area contributed by atoms with Gasteiger partial charge in [-0.25, -0.2) is 0 Å². The lowest BCUT2D eigenvalue weighted by Gasteiger charge is -2.37. The van der Waals surface area contributed by atoms with Crippen LogP contribution in [0.2, 0.25) is 10.0 Å². The van der Waals surface area contributed by atoms with Crippen LogP contribution in [0.25, 0.3) is 0 Å². The molecule has 50 heavy (non-hydrogen) atoms. The van der Waals surface area contributed by atoms with E-state index in [0.717, 1.165) is 5.56 Å². The van der Waals surface area contributed by atoms with Crippen molar-refractivity contribution in [1.82, 2.24) is 9.80 Å². The number of benzene rings is 3. The first-order valence-corrected chi connectivity index (χ1v) is 18.4. The molecule has 1 aliphatic rings. The van der Waals surface area contributed by atoms with E-state index < -0.39 is 31.6 Å². The van der Waals surface area contributed by atoms with Gasteiger partial charge >= 0.3 is 7.60 Å². The Balaban J connectivity index is 1.64. The number of amides is 4. The highest BCUT2D eigenvalue weighted by Gasteiger charge is 2.35. The first-order valence-electron chi connectivity index (χ1n) is 15.9. The second-order valence-corrected chi connectivity index (χ2v) is 14.1. The first kappa shape index (κ1) is 38.6. The van der Waals surface area contributed by atoms with Crippen LogP contribution in [-0.4, -0.2) is 72.4 Å². The molecule has 1 atom stereocenters. The second-order valence-electron chi connectivity index (χ2n) is 11.3. The summed E-state index contributed by atoms with van der Waals surface area (Å²) in [6.07, 6.45) is 1.27. The van der Waals surface area contributed by atoms with Gasteiger partial charge in [0, 0.05) is 36.8 Å². The Labute approximate surface area is 301 Å². The summed E-state index contributed by atoms with van der Waals surface area (Å²) in [4.78, 5) is 54.7. The largest absolute Gasteiger partial charge is 0.457 e. The summed E-state index contributed by atoms with van der Waals surface area (Å²) < 4.78 is 29.4. The number of nitrogens with one attached hydrogen (secondary N) is 1. The second kappa shape index (κ2) is 17.6. The van der Waals surface area contributed by atoms with E-state index in [9.17, 15) is 23.7 Å². The molecule has 0 spiro atoms. The van der Waals surface area contributed by atoms with Gasteiger partial charge in [-0.05, 0) is 67.8 Å². The number of nitrogens with zero attached hydrogens (tertiary/aromatic N) is 2. The van der Waals surface area contributed by atoms with Crippen LogP contribution in [0, 0.1) is 0 Å². The van der Waals surface area contributed by atoms with Crippen LogP contribution in [0.4, 0.5) is 5.69 Å². The van der Waals surface area contributed by atoms with Gasteiger partial charge in [-0.15, -0.1) is 6.58 Å². The van der Waals surface area contributed by atoms with Gasteiger partial charge in [-0.3, -0.25) is 23.7 Å². The molecule has 0 fully saturated rings. The maximum absolute atomic E-state index is 14.2. The quantitative estimate of drug-likeness (QED) is 0.115. The molecule has 0 radical (unpaired) electrons. The fraction of sp³-hybridized carbons (Fsp3) is 0.314. The number of rotatable bonds is 17. The average molecular weight is 746 g/mol. The van der Waals surface area contributed by atoms with Crippen molar-refractivity contribution in [3.05, 3.63) is 100 Å². The lowest BCUT2D eigenvalue weighted by atomic mass is 9.88. The van der Waals surface area contributed by atoms with E-state index >= 15 is 0 Å². The van der Waals surface area contributed by atoms with E-state index in [-0.39, 0.29) is 51.1 Å². The summed E-state index contributed by atoms with van der Waals surface area (Å²) in [6.45, 7) is 6.99. The average Bonchev–Trinajstić information content (AvgIpc) is 3.06. The van der Waals surface area contributed by atoms with Gasteiger partial charge in [-0.1, -0.05) is 47.5 Å². The molecule has 0 aromatic heterocycles. The van der Waals surface area contributed by atoms with E-state index in [2.05, 4.69) is 11.9 Å². The minimum absolute atomic E-state index is 0.00847. The SMILES string of the molecule is C=CCN(CC(N)=O)C(=O)CCN1C(=O)c2cc(NC(=O)CP(=O)(OCC)OCC)ccc2CC1c1cccc(Oc2ccc(Cl)c(Cl)c2)c1. The molecule has 4 amide bonds. The summed E-state index contributed by atoms with van der Waals surface area (Å²) in [5.74, 6) is -1.08. The Morgan fingerprint density at radius 2 is 1.76 bits per heavy atom. The normalized spacial score (nSPS) is 14.1. The molecule has 266 valence electrons. The first-order chi connectivity index (χ1) is 23.9. The van der Waals surface area contributed by atoms with Crippen LogP contribution < -0.4 is 15.8 Å². The minimum atomic E-state index is -3.65. The molecule has 1 heterocycles. The molecule has 15 heteroatoms. The molecule has 0 saturated carbocycles. The number of primary amides is 1. The zero-order chi connectivity index (χ0) is 36.4. The van der Waals surface area contributed by atoms with Crippen LogP contribution in [0.1, 0.15) is 47.8 Å². The minimum Gasteiger partial charge on any atom is -0.457 e. The third kappa shape index (κ3) is 10.2. The maximum atomic E-state index is 14.2. The summed E-state index contributed by atoms with van der Waals surface area (Å²) >= 11 is 12.2. The maximum Gasteiger partial charge on any atom is 0.340 e. The number of nitrogens with two attached hydrogens (primary N) is 1. The van der Waals surface area contributed by atoms with E-state index in [1.165, 1.54) is 11.0 Å². The zero-order valence-electron chi connectivity index (χ0n) is 27.7. The van der Waals surface area contributed by atoms with Gasteiger partial charge < -0.3 is 34.6 Å². The molecule has 1 unspecified atom stereocenters. The lowest BCUT2D eigenvalue weighted by Crippen LogP contribution is -2.44. The van der Waals surface area contributed by atoms with E-state index in [1.807, 2.05) is 6.07 Å². The summed E-state index contributed by atoms with van der Waals surface area (Å²) in [5, 5.41) is 3.41. The van der Waals surface area contributed by atoms with Crippen LogP contribution in [-0.2, 0) is 34.4 Å². The Bertz CT molecular complexity index is 1800. The highest BCUT2D eigenvalue weighted by Crippen LogP contribution is 2.48. The number of hydrogen-bond acceptors (Lipinski definition) is 8. The van der Waals surface area contributed by atoms with Crippen LogP contribution in [0.5, 0.6) is 11.5 Å². The molecule has 3 aromatic carbocycles. The predicted octanol–water partition coefficient (Wildman–Crippen LogP) is 6.62. The predicted molar refractivity (Wildman–Crippen MR) is 192 cm³/mol. The van der Waals surface area contributed by atoms with Crippen molar-refractivity contribution in [2.45, 2.75) is 32.7 Å². The smallest absolute Gasteiger partial charge is 0.340 e. The molecular weight excluding hydrogens is 706 g/mol. The highest BCUT2D eigenvalue weighted by molar-refractivity contribution is 7.54. The topological polar surface area (TPSA) is 158 Å². The Kier molecular flexibility index (Phi) is 13.6. The Hall–Kier alpha value is -4.19. The van der Waals surface area contributed by atoms with Gasteiger partial charge in [0.05, 0.1) is 35.8 Å². The van der Waals surface area contributed by atoms with Crippen molar-refractivity contribution < 1.29 is 37.5 Å². The molecule has 1 aliphatic heterocycles. The van der Waals surface area contributed by atoms with Crippen LogP contribution >= 0.6 is 30.8 Å². The monoisotopic (exact) mass is 744 g/mol. The van der Waals surface area contributed by atoms with Crippen molar-refractivity contribution in [1.29, 1.82) is 0 Å². The van der Waals surface area contributed by atoms with Gasteiger partial charge in [0.15, 0.2) is 0 Å². The molecule has 3 aromatic rings. The van der Waals surface area contributed by atoms with Crippen molar-refractivity contribution in [3.63, 3.8) is 0 Å². The highest BCUT2D eigenvalue weighted by atomic mass is 35.5. The molecular formula is C35H39Cl2N4O8P. The third-order valence-corrected chi connectivity index (χ3v) is 10.4. The van der Waals surface area contributed by atoms with E-state index in [1.54, 1.807) is 73.3 Å². The van der Waals surface area contributed by atoms with Gasteiger partial charge in [0.2, 0.25) is 17.7 Å². The molecule has 3 N–H and O–H groups in total. The van der Waals surface area contributed by atoms with Gasteiger partial charge in [0.1, 0.15) is 17.7 Å². The van der Waals surface area contributed by atoms with Crippen molar-refractivity contribution in [2.75, 3.05) is 44.3 Å². The molecule has 0 aliphatic carbocycles. The van der Waals surface area contributed by atoms with Crippen LogP contribution in [0.15, 0.2) is 73.3 Å². The zero-order valence-corrected chi connectivity index (χ0v) is 30.1. The van der Waals surface area contributed by atoms with E-state index in [4.69, 9.17) is 42.7 Å². The van der Waals surface area contributed by atoms with Crippen molar-refractivity contribution >= 4 is 60.1 Å². The fourth-order valence-corrected chi connectivity index (χ4v) is 7.30. The van der Waals surface area contributed by atoms with Gasteiger partial charge in [-0.2, -0.15) is 0 Å². The summed E-state index contributed by atoms with van der Waals surface area (Å²) in [7, 11) is -3.65. The van der Waals surface area contributed by atoms with Gasteiger partial charge in [0.25, 0.3) is 5.91 Å². The summed E-state index contributed by atoms with van der Waals surface area (Å²) in [5.41, 5.74) is 7.45. The lowest BCUT2D eigenvalue weighted by molar-refractivity contribution is -0.134. The van der Waals surface area contributed by atoms with Crippen LogP contribution in [0.3, 0.4) is 0 Å². The fourth-order valence-electron chi connectivity index (χ4n) is 5.53. The number of carbonyl (C=O) groups is 4. The molecule has 12 nitrogen and oxygen atoms in total. The molecule has 4 rings (SSSR count). The number of fused-ring (bicyclic) bond motifs is 1.